The van der Waals surface area contributed by atoms with Gasteiger partial charge in [-0.05, 0) is 25.1 Å². The normalized spacial score (nSPS) is 10.6. The van der Waals surface area contributed by atoms with Crippen LogP contribution >= 0.6 is 0 Å². The highest BCUT2D eigenvalue weighted by Gasteiger charge is 2.18. The van der Waals surface area contributed by atoms with Gasteiger partial charge in [0.05, 0.1) is 11.4 Å². The Balaban J connectivity index is 2.30. The lowest BCUT2D eigenvalue weighted by atomic mass is 10.2. The zero-order valence-electron chi connectivity index (χ0n) is 10.6. The molecular formula is C13H12F3N3O. The molecule has 0 bridgehead atoms. The molecule has 0 radical (unpaired) electrons. The molecule has 1 aromatic heterocycles. The number of aromatic nitrogens is 1. The number of amides is 1. The Bertz CT molecular complexity index is 667. The molecule has 2 aromatic rings. The molecule has 1 aromatic carbocycles. The molecule has 1 heterocycles. The first kappa shape index (κ1) is 14.0. The third-order valence-electron chi connectivity index (χ3n) is 2.77. The van der Waals surface area contributed by atoms with E-state index in [0.29, 0.717) is 12.2 Å². The Hall–Kier alpha value is -2.44. The summed E-state index contributed by atoms with van der Waals surface area (Å²) in [6.45, 7) is 2.29. The number of anilines is 2. The van der Waals surface area contributed by atoms with Crippen LogP contribution in [0.4, 0.5) is 24.5 Å². The summed E-state index contributed by atoms with van der Waals surface area (Å²) in [5.41, 5.74) is 5.72. The lowest BCUT2D eigenvalue weighted by molar-refractivity contribution is 0.101. The van der Waals surface area contributed by atoms with Gasteiger partial charge in [0, 0.05) is 12.7 Å². The Kier molecular flexibility index (Phi) is 3.69. The van der Waals surface area contributed by atoms with E-state index in [9.17, 15) is 18.0 Å². The van der Waals surface area contributed by atoms with Crippen molar-refractivity contribution in [2.45, 2.75) is 13.5 Å². The number of nitrogens with two attached hydrogens (primary N) is 1. The van der Waals surface area contributed by atoms with Gasteiger partial charge in [0.1, 0.15) is 5.69 Å². The van der Waals surface area contributed by atoms with Gasteiger partial charge >= 0.3 is 0 Å². The van der Waals surface area contributed by atoms with E-state index in [1.807, 2.05) is 0 Å². The van der Waals surface area contributed by atoms with Crippen LogP contribution in [0.3, 0.4) is 0 Å². The third kappa shape index (κ3) is 2.47. The molecule has 106 valence electrons. The number of hydrogen-bond acceptors (Lipinski definition) is 2. The smallest absolute Gasteiger partial charge is 0.272 e. The van der Waals surface area contributed by atoms with E-state index in [1.54, 1.807) is 17.7 Å². The number of aryl methyl sites for hydroxylation is 1. The van der Waals surface area contributed by atoms with Gasteiger partial charge < -0.3 is 15.6 Å². The fraction of sp³-hybridized carbons (Fsp3) is 0.154. The first-order chi connectivity index (χ1) is 9.43. The minimum absolute atomic E-state index is 0.203. The zero-order valence-corrected chi connectivity index (χ0v) is 10.6. The number of hydrogen-bond donors (Lipinski definition) is 2. The molecule has 0 unspecified atom stereocenters. The molecular weight excluding hydrogens is 271 g/mol. The standard InChI is InChI=1S/C13H12F3N3O/c1-2-19-6-7(17)5-10(19)13(20)18-9-4-3-8(14)11(15)12(9)16/h3-6H,2,17H2,1H3,(H,18,20). The first-order valence-corrected chi connectivity index (χ1v) is 5.84. The van der Waals surface area contributed by atoms with Gasteiger partial charge in [-0.3, -0.25) is 4.79 Å². The summed E-state index contributed by atoms with van der Waals surface area (Å²) in [7, 11) is 0. The summed E-state index contributed by atoms with van der Waals surface area (Å²) >= 11 is 0. The van der Waals surface area contributed by atoms with E-state index < -0.39 is 29.0 Å². The molecule has 0 atom stereocenters. The van der Waals surface area contributed by atoms with Gasteiger partial charge in [0.15, 0.2) is 17.5 Å². The number of nitrogens with zero attached hydrogens (tertiary/aromatic N) is 1. The van der Waals surface area contributed by atoms with E-state index in [1.165, 1.54) is 6.07 Å². The highest BCUT2D eigenvalue weighted by atomic mass is 19.2. The highest BCUT2D eigenvalue weighted by Crippen LogP contribution is 2.21. The van der Waals surface area contributed by atoms with Crippen LogP contribution in [-0.4, -0.2) is 10.5 Å². The fourth-order valence-corrected chi connectivity index (χ4v) is 1.79. The maximum atomic E-state index is 13.5. The Morgan fingerprint density at radius 1 is 1.30 bits per heavy atom. The predicted octanol–water partition coefficient (Wildman–Crippen LogP) is 2.76. The zero-order chi connectivity index (χ0) is 14.9. The number of benzene rings is 1. The van der Waals surface area contributed by atoms with E-state index in [0.717, 1.165) is 12.1 Å². The minimum Gasteiger partial charge on any atom is -0.397 e. The van der Waals surface area contributed by atoms with Crippen molar-refractivity contribution in [1.29, 1.82) is 0 Å². The van der Waals surface area contributed by atoms with Crippen LogP contribution in [0.15, 0.2) is 24.4 Å². The number of nitrogen functional groups attached to an aromatic ring is 1. The van der Waals surface area contributed by atoms with E-state index >= 15 is 0 Å². The average Bonchev–Trinajstić information content (AvgIpc) is 2.80. The fourth-order valence-electron chi connectivity index (χ4n) is 1.79. The summed E-state index contributed by atoms with van der Waals surface area (Å²) < 4.78 is 40.9. The molecule has 3 N–H and O–H groups in total. The molecule has 7 heteroatoms. The monoisotopic (exact) mass is 283 g/mol. The second-order valence-electron chi connectivity index (χ2n) is 4.12. The third-order valence-corrected chi connectivity index (χ3v) is 2.77. The number of carbonyl (C=O) groups excluding carboxylic acids is 1. The summed E-state index contributed by atoms with van der Waals surface area (Å²) in [6, 6.07) is 3.10. The topological polar surface area (TPSA) is 60.0 Å². The van der Waals surface area contributed by atoms with Crippen LogP contribution < -0.4 is 11.1 Å². The number of rotatable bonds is 3. The largest absolute Gasteiger partial charge is 0.397 e. The van der Waals surface area contributed by atoms with Gasteiger partial charge in [-0.1, -0.05) is 0 Å². The van der Waals surface area contributed by atoms with E-state index in [-0.39, 0.29) is 5.69 Å². The lowest BCUT2D eigenvalue weighted by Crippen LogP contribution is -2.17. The van der Waals surface area contributed by atoms with Gasteiger partial charge in [-0.15, -0.1) is 0 Å². The van der Waals surface area contributed by atoms with Crippen LogP contribution in [-0.2, 0) is 6.54 Å². The van der Waals surface area contributed by atoms with Crippen molar-refractivity contribution in [3.8, 4) is 0 Å². The predicted molar refractivity (Wildman–Crippen MR) is 68.8 cm³/mol. The molecule has 2 rings (SSSR count). The van der Waals surface area contributed by atoms with Crippen LogP contribution in [0, 0.1) is 17.5 Å². The van der Waals surface area contributed by atoms with Crippen molar-refractivity contribution in [3.05, 3.63) is 47.5 Å². The molecule has 0 aliphatic rings. The molecule has 20 heavy (non-hydrogen) atoms. The van der Waals surface area contributed by atoms with Crippen LogP contribution in [0.5, 0.6) is 0 Å². The van der Waals surface area contributed by atoms with Crippen molar-refractivity contribution in [3.63, 3.8) is 0 Å². The number of halogens is 3. The summed E-state index contributed by atoms with van der Waals surface area (Å²) in [5.74, 6) is -5.05. The lowest BCUT2D eigenvalue weighted by Gasteiger charge is -2.09. The number of carbonyl (C=O) groups is 1. The molecule has 0 saturated heterocycles. The van der Waals surface area contributed by atoms with Crippen molar-refractivity contribution in [2.75, 3.05) is 11.1 Å². The van der Waals surface area contributed by atoms with Crippen molar-refractivity contribution < 1.29 is 18.0 Å². The van der Waals surface area contributed by atoms with Gasteiger partial charge in [0.2, 0.25) is 0 Å². The van der Waals surface area contributed by atoms with Crippen molar-refractivity contribution in [1.82, 2.24) is 4.57 Å². The number of nitrogens with one attached hydrogen (secondary N) is 1. The minimum atomic E-state index is -1.63. The van der Waals surface area contributed by atoms with Crippen molar-refractivity contribution >= 4 is 17.3 Å². The quantitative estimate of drug-likeness (QED) is 0.851. The SMILES string of the molecule is CCn1cc(N)cc1C(=O)Nc1ccc(F)c(F)c1F. The molecule has 0 aliphatic heterocycles. The Morgan fingerprint density at radius 2 is 2.00 bits per heavy atom. The molecule has 0 spiro atoms. The first-order valence-electron chi connectivity index (χ1n) is 5.84. The summed E-state index contributed by atoms with van der Waals surface area (Å²) in [6.07, 6.45) is 1.55. The summed E-state index contributed by atoms with van der Waals surface area (Å²) in [4.78, 5) is 12.0. The van der Waals surface area contributed by atoms with Gasteiger partial charge in [-0.25, -0.2) is 13.2 Å². The molecule has 0 saturated carbocycles. The second-order valence-corrected chi connectivity index (χ2v) is 4.12. The highest BCUT2D eigenvalue weighted by molar-refractivity contribution is 6.03. The molecule has 0 aliphatic carbocycles. The van der Waals surface area contributed by atoms with Crippen LogP contribution in [0.25, 0.3) is 0 Å². The maximum Gasteiger partial charge on any atom is 0.272 e. The summed E-state index contributed by atoms with van der Waals surface area (Å²) in [5, 5.41) is 2.19. The van der Waals surface area contributed by atoms with Crippen molar-refractivity contribution in [2.24, 2.45) is 0 Å². The van der Waals surface area contributed by atoms with E-state index in [4.69, 9.17) is 5.73 Å². The van der Waals surface area contributed by atoms with E-state index in [2.05, 4.69) is 5.32 Å². The molecule has 4 nitrogen and oxygen atoms in total. The average molecular weight is 283 g/mol. The van der Waals surface area contributed by atoms with Crippen LogP contribution in [0.2, 0.25) is 0 Å². The molecule has 1 amide bonds. The van der Waals surface area contributed by atoms with Gasteiger partial charge in [0.25, 0.3) is 5.91 Å². The maximum absolute atomic E-state index is 13.5. The second kappa shape index (κ2) is 5.28. The van der Waals surface area contributed by atoms with Crippen LogP contribution in [0.1, 0.15) is 17.4 Å². The molecule has 0 fully saturated rings. The Labute approximate surface area is 113 Å². The Morgan fingerprint density at radius 3 is 2.65 bits per heavy atom. The van der Waals surface area contributed by atoms with Gasteiger partial charge in [-0.2, -0.15) is 0 Å².